The zero-order valence-corrected chi connectivity index (χ0v) is 13.4. The maximum atomic E-state index is 12.3. The SMILES string of the molecule is O=C(NC[C@H](CO)CC1CCCCC1)c1ccc2c(c1)OCO2. The molecular formula is C18H25NO4. The van der Waals surface area contributed by atoms with Crippen molar-refractivity contribution in [3.05, 3.63) is 23.8 Å². The lowest BCUT2D eigenvalue weighted by Crippen LogP contribution is -2.32. The molecule has 126 valence electrons. The quantitative estimate of drug-likeness (QED) is 0.846. The Morgan fingerprint density at radius 3 is 2.78 bits per heavy atom. The molecule has 1 fully saturated rings. The van der Waals surface area contributed by atoms with Gasteiger partial charge in [0.15, 0.2) is 11.5 Å². The number of carbonyl (C=O) groups is 1. The van der Waals surface area contributed by atoms with E-state index in [0.717, 1.165) is 6.42 Å². The van der Waals surface area contributed by atoms with E-state index in [-0.39, 0.29) is 25.2 Å². The smallest absolute Gasteiger partial charge is 0.251 e. The van der Waals surface area contributed by atoms with Crippen LogP contribution in [0.15, 0.2) is 18.2 Å². The van der Waals surface area contributed by atoms with Crippen LogP contribution >= 0.6 is 0 Å². The van der Waals surface area contributed by atoms with E-state index in [2.05, 4.69) is 5.32 Å². The molecule has 1 heterocycles. The molecule has 2 aliphatic rings. The number of carbonyl (C=O) groups excluding carboxylic acids is 1. The molecular weight excluding hydrogens is 294 g/mol. The van der Waals surface area contributed by atoms with Crippen molar-refractivity contribution in [2.24, 2.45) is 11.8 Å². The van der Waals surface area contributed by atoms with Gasteiger partial charge in [0, 0.05) is 18.7 Å². The maximum Gasteiger partial charge on any atom is 0.251 e. The van der Waals surface area contributed by atoms with E-state index in [0.29, 0.717) is 29.5 Å². The Morgan fingerprint density at radius 2 is 2.00 bits per heavy atom. The summed E-state index contributed by atoms with van der Waals surface area (Å²) in [5.74, 6) is 1.98. The van der Waals surface area contributed by atoms with Gasteiger partial charge in [-0.1, -0.05) is 32.1 Å². The number of hydrogen-bond donors (Lipinski definition) is 2. The first-order chi connectivity index (χ1) is 11.3. The fourth-order valence-electron chi connectivity index (χ4n) is 3.49. The van der Waals surface area contributed by atoms with Crippen molar-refractivity contribution in [3.8, 4) is 11.5 Å². The van der Waals surface area contributed by atoms with Crippen LogP contribution in [0, 0.1) is 11.8 Å². The van der Waals surface area contributed by atoms with Crippen LogP contribution < -0.4 is 14.8 Å². The van der Waals surface area contributed by atoms with Gasteiger partial charge in [-0.25, -0.2) is 0 Å². The third-order valence-corrected chi connectivity index (χ3v) is 4.84. The van der Waals surface area contributed by atoms with E-state index < -0.39 is 0 Å². The lowest BCUT2D eigenvalue weighted by Gasteiger charge is -2.25. The molecule has 1 aromatic rings. The average Bonchev–Trinajstić information content (AvgIpc) is 3.06. The van der Waals surface area contributed by atoms with Gasteiger partial charge in [0.2, 0.25) is 6.79 Å². The van der Waals surface area contributed by atoms with Crippen LogP contribution in [-0.2, 0) is 0 Å². The number of nitrogens with one attached hydrogen (secondary N) is 1. The maximum absolute atomic E-state index is 12.3. The first-order valence-corrected chi connectivity index (χ1v) is 8.55. The molecule has 0 aromatic heterocycles. The first kappa shape index (κ1) is 16.1. The predicted octanol–water partition coefficient (Wildman–Crippen LogP) is 2.72. The highest BCUT2D eigenvalue weighted by Crippen LogP contribution is 2.32. The van der Waals surface area contributed by atoms with Crippen LogP contribution in [0.4, 0.5) is 0 Å². The van der Waals surface area contributed by atoms with Crippen molar-refractivity contribution >= 4 is 5.91 Å². The van der Waals surface area contributed by atoms with E-state index >= 15 is 0 Å². The first-order valence-electron chi connectivity index (χ1n) is 8.55. The van der Waals surface area contributed by atoms with Crippen molar-refractivity contribution in [3.63, 3.8) is 0 Å². The highest BCUT2D eigenvalue weighted by atomic mass is 16.7. The molecule has 0 saturated heterocycles. The van der Waals surface area contributed by atoms with Crippen molar-refractivity contribution in [1.82, 2.24) is 5.32 Å². The average molecular weight is 319 g/mol. The molecule has 1 atom stereocenters. The standard InChI is InChI=1S/C18H25NO4/c20-11-14(8-13-4-2-1-3-5-13)10-19-18(21)15-6-7-16-17(9-15)23-12-22-16/h6-7,9,13-14,20H,1-5,8,10-12H2,(H,19,21)/t14-/m1/s1. The van der Waals surface area contributed by atoms with Gasteiger partial charge in [-0.05, 0) is 36.5 Å². The fraction of sp³-hybridized carbons (Fsp3) is 0.611. The highest BCUT2D eigenvalue weighted by molar-refractivity contribution is 5.94. The van der Waals surface area contributed by atoms with Gasteiger partial charge in [0.1, 0.15) is 0 Å². The molecule has 5 nitrogen and oxygen atoms in total. The summed E-state index contributed by atoms with van der Waals surface area (Å²) in [5.41, 5.74) is 0.559. The molecule has 0 bridgehead atoms. The van der Waals surface area contributed by atoms with E-state index in [1.165, 1.54) is 32.1 Å². The number of amides is 1. The molecule has 0 spiro atoms. The highest BCUT2D eigenvalue weighted by Gasteiger charge is 2.20. The summed E-state index contributed by atoms with van der Waals surface area (Å²) in [6, 6.07) is 5.19. The van der Waals surface area contributed by atoms with Crippen LogP contribution in [0.3, 0.4) is 0 Å². The minimum atomic E-state index is -0.134. The number of hydrogen-bond acceptors (Lipinski definition) is 4. The van der Waals surface area contributed by atoms with Gasteiger partial charge < -0.3 is 19.9 Å². The summed E-state index contributed by atoms with van der Waals surface area (Å²) in [5, 5.41) is 12.5. The van der Waals surface area contributed by atoms with E-state index in [9.17, 15) is 9.90 Å². The van der Waals surface area contributed by atoms with Gasteiger partial charge in [0.25, 0.3) is 5.91 Å². The molecule has 2 N–H and O–H groups in total. The summed E-state index contributed by atoms with van der Waals surface area (Å²) in [7, 11) is 0. The monoisotopic (exact) mass is 319 g/mol. The van der Waals surface area contributed by atoms with E-state index in [4.69, 9.17) is 9.47 Å². The van der Waals surface area contributed by atoms with Crippen LogP contribution in [-0.4, -0.2) is 31.0 Å². The molecule has 1 aliphatic carbocycles. The topological polar surface area (TPSA) is 67.8 Å². The van der Waals surface area contributed by atoms with Gasteiger partial charge in [-0.2, -0.15) is 0 Å². The molecule has 0 radical (unpaired) electrons. The third-order valence-electron chi connectivity index (χ3n) is 4.84. The van der Waals surface area contributed by atoms with Crippen molar-refractivity contribution in [1.29, 1.82) is 0 Å². The molecule has 5 heteroatoms. The van der Waals surface area contributed by atoms with Crippen LogP contribution in [0.2, 0.25) is 0 Å². The zero-order valence-electron chi connectivity index (χ0n) is 13.4. The molecule has 0 unspecified atom stereocenters. The Bertz CT molecular complexity index is 540. The van der Waals surface area contributed by atoms with E-state index in [1.54, 1.807) is 18.2 Å². The summed E-state index contributed by atoms with van der Waals surface area (Å²) in [6.45, 7) is 0.840. The van der Waals surface area contributed by atoms with Gasteiger partial charge >= 0.3 is 0 Å². The Kier molecular flexibility index (Phi) is 5.39. The van der Waals surface area contributed by atoms with Crippen LogP contribution in [0.1, 0.15) is 48.9 Å². The predicted molar refractivity (Wildman–Crippen MR) is 86.7 cm³/mol. The summed E-state index contributed by atoms with van der Waals surface area (Å²) < 4.78 is 10.5. The Morgan fingerprint density at radius 1 is 1.22 bits per heavy atom. The number of aliphatic hydroxyl groups excluding tert-OH is 1. The fourth-order valence-corrected chi connectivity index (χ4v) is 3.49. The molecule has 1 aliphatic heterocycles. The minimum Gasteiger partial charge on any atom is -0.454 e. The van der Waals surface area contributed by atoms with E-state index in [1.807, 2.05) is 0 Å². The number of benzene rings is 1. The molecule has 1 amide bonds. The second-order valence-corrected chi connectivity index (χ2v) is 6.57. The molecule has 1 aromatic carbocycles. The van der Waals surface area contributed by atoms with Crippen LogP contribution in [0.25, 0.3) is 0 Å². The lowest BCUT2D eigenvalue weighted by atomic mass is 9.83. The second kappa shape index (κ2) is 7.68. The summed E-state index contributed by atoms with van der Waals surface area (Å²) in [6.07, 6.45) is 7.44. The van der Waals surface area contributed by atoms with Crippen molar-refractivity contribution in [2.45, 2.75) is 38.5 Å². The minimum absolute atomic E-state index is 0.123. The molecule has 3 rings (SSSR count). The number of ether oxygens (including phenoxy) is 2. The zero-order chi connectivity index (χ0) is 16.1. The Labute approximate surface area is 137 Å². The van der Waals surface area contributed by atoms with Gasteiger partial charge in [-0.15, -0.1) is 0 Å². The summed E-state index contributed by atoms with van der Waals surface area (Å²) in [4.78, 5) is 12.3. The summed E-state index contributed by atoms with van der Waals surface area (Å²) >= 11 is 0. The van der Waals surface area contributed by atoms with Gasteiger partial charge in [-0.3, -0.25) is 4.79 Å². The van der Waals surface area contributed by atoms with Crippen molar-refractivity contribution in [2.75, 3.05) is 19.9 Å². The molecule has 23 heavy (non-hydrogen) atoms. The Balaban J connectivity index is 1.50. The van der Waals surface area contributed by atoms with Crippen LogP contribution in [0.5, 0.6) is 11.5 Å². The normalized spacial score (nSPS) is 18.7. The second-order valence-electron chi connectivity index (χ2n) is 6.57. The number of rotatable bonds is 6. The Hall–Kier alpha value is -1.75. The third kappa shape index (κ3) is 4.16. The van der Waals surface area contributed by atoms with Gasteiger partial charge in [0.05, 0.1) is 0 Å². The lowest BCUT2D eigenvalue weighted by molar-refractivity contribution is 0.0932. The van der Waals surface area contributed by atoms with Crippen molar-refractivity contribution < 1.29 is 19.4 Å². The number of fused-ring (bicyclic) bond motifs is 1. The molecule has 1 saturated carbocycles. The largest absolute Gasteiger partial charge is 0.454 e. The number of aliphatic hydroxyl groups is 1.